The average Bonchev–Trinajstić information content (AvgIpc) is 2.75. The Morgan fingerprint density at radius 2 is 0.676 bits per heavy atom. The second kappa shape index (κ2) is 23.9. The highest BCUT2D eigenvalue weighted by molar-refractivity contribution is 5.47. The molecule has 34 heavy (non-hydrogen) atoms. The molecule has 0 saturated carbocycles. The van der Waals surface area contributed by atoms with Crippen LogP contribution in [0.15, 0.2) is 0 Å². The Morgan fingerprint density at radius 1 is 0.500 bits per heavy atom. The Hall–Kier alpha value is -0.810. The van der Waals surface area contributed by atoms with Crippen LogP contribution in [0, 0.1) is 0 Å². The topological polar surface area (TPSA) is 63.2 Å². The number of hydrogen-bond acceptors (Lipinski definition) is 3. The molecule has 0 heterocycles. The molecule has 0 bridgehead atoms. The third-order valence-corrected chi connectivity index (χ3v) is 7.30. The monoisotopic (exact) mass is 488 g/mol. The van der Waals surface area contributed by atoms with E-state index in [4.69, 9.17) is 15.0 Å². The smallest absolute Gasteiger partial charge is 0.0861 e. The van der Waals surface area contributed by atoms with Gasteiger partial charge in [-0.3, -0.25) is 0 Å². The minimum absolute atomic E-state index is 0.856. The average molecular weight is 489 g/mol. The number of hydrogen-bond donors (Lipinski definition) is 0. The molecule has 0 aromatic rings. The van der Waals surface area contributed by atoms with Crippen LogP contribution in [-0.2, 0) is 0 Å². The van der Waals surface area contributed by atoms with Crippen LogP contribution in [0.1, 0.15) is 133 Å². The third kappa shape index (κ3) is 16.8. The summed E-state index contributed by atoms with van der Waals surface area (Å²) in [7, 11) is 0. The molecule has 0 spiro atoms. The van der Waals surface area contributed by atoms with E-state index >= 15 is 0 Å². The molecule has 2 atom stereocenters. The first-order chi connectivity index (χ1) is 16.1. The summed E-state index contributed by atoms with van der Waals surface area (Å²) in [5, 5.41) is 16.7. The van der Waals surface area contributed by atoms with E-state index in [1.165, 1.54) is 112 Å². The molecule has 2 unspecified atom stereocenters. The summed E-state index contributed by atoms with van der Waals surface area (Å²) < 4.78 is 2.74. The van der Waals surface area contributed by atoms with Gasteiger partial charge in [-0.25, -0.2) is 0 Å². The second-order valence-corrected chi connectivity index (χ2v) is 10.3. The Kier molecular flexibility index (Phi) is 26.5. The molecular weight excluding hydrogens is 424 g/mol. The molecule has 0 rings (SSSR count). The molecule has 0 amide bonds. The molecule has 208 valence electrons. The van der Waals surface area contributed by atoms with Crippen molar-refractivity contribution in [1.29, 1.82) is 0 Å². The first kappa shape index (κ1) is 37.7. The molecule has 0 aliphatic rings. The highest BCUT2D eigenvalue weighted by atomic mass is 16.6. The van der Waals surface area contributed by atoms with Gasteiger partial charge in [0.05, 0.1) is 51.4 Å². The van der Waals surface area contributed by atoms with E-state index in [-0.39, 0.29) is 0 Å². The van der Waals surface area contributed by atoms with Crippen LogP contribution in [-0.4, -0.2) is 66.5 Å². The number of carbonyl (C=O) groups excluding carboxylic acids is 1. The predicted octanol–water partition coefficient (Wildman–Crippen LogP) is 6.00. The molecule has 0 radical (unpaired) electrons. The summed E-state index contributed by atoms with van der Waals surface area (Å²) in [6, 6.07) is 1.71. The fourth-order valence-corrected chi connectivity index (χ4v) is 6.05. The van der Waals surface area contributed by atoms with Gasteiger partial charge in [0.1, 0.15) is 0 Å². The minimum atomic E-state index is -2.33. The summed E-state index contributed by atoms with van der Waals surface area (Å²) in [5.41, 5.74) is 0. The van der Waals surface area contributed by atoms with Crippen molar-refractivity contribution in [3.63, 3.8) is 0 Å². The zero-order valence-electron chi connectivity index (χ0n) is 25.1. The Balaban J connectivity index is -0.000000488. The quantitative estimate of drug-likeness (QED) is 0.222. The summed E-state index contributed by atoms with van der Waals surface area (Å²) in [5.74, 6) is 0. The summed E-state index contributed by atoms with van der Waals surface area (Å²) in [6.07, 6.45) is 11.1. The zero-order valence-corrected chi connectivity index (χ0v) is 25.1. The fourth-order valence-electron chi connectivity index (χ4n) is 6.05. The van der Waals surface area contributed by atoms with Crippen LogP contribution in [0.3, 0.4) is 0 Å². The summed E-state index contributed by atoms with van der Waals surface area (Å²) in [4.78, 5) is 8.33. The molecule has 0 fully saturated rings. The molecule has 5 heteroatoms. The standard InChI is InChI=1S/2C14H32N.CH2O3/c2*1-6-10-14(5)15(11-7-2,12-8-3)13-9-4;2-1(3)4/h2*14H,6-13H2,1-5H3;(H2,2,3,4)/q2*+1;/p-2. The van der Waals surface area contributed by atoms with E-state index in [1.54, 1.807) is 0 Å². The lowest BCUT2D eigenvalue weighted by molar-refractivity contribution is -0.950. The van der Waals surface area contributed by atoms with Gasteiger partial charge in [-0.2, -0.15) is 0 Å². The van der Waals surface area contributed by atoms with E-state index in [9.17, 15) is 0 Å². The molecule has 0 aromatic heterocycles. The van der Waals surface area contributed by atoms with Gasteiger partial charge in [0.2, 0.25) is 0 Å². The number of rotatable bonds is 18. The van der Waals surface area contributed by atoms with Crippen molar-refractivity contribution in [2.45, 2.75) is 146 Å². The van der Waals surface area contributed by atoms with Gasteiger partial charge >= 0.3 is 0 Å². The lowest BCUT2D eigenvalue weighted by atomic mass is 10.1. The van der Waals surface area contributed by atoms with Gasteiger partial charge in [-0.15, -0.1) is 0 Å². The lowest BCUT2D eigenvalue weighted by Crippen LogP contribution is -2.55. The van der Waals surface area contributed by atoms with Crippen molar-refractivity contribution in [2.24, 2.45) is 0 Å². The van der Waals surface area contributed by atoms with Crippen LogP contribution in [0.2, 0.25) is 0 Å². The van der Waals surface area contributed by atoms with Crippen molar-refractivity contribution in [2.75, 3.05) is 39.3 Å². The number of carbonyl (C=O) groups is 1. The van der Waals surface area contributed by atoms with Gasteiger partial charge < -0.3 is 24.0 Å². The molecule has 0 aliphatic carbocycles. The Labute approximate surface area is 215 Å². The Morgan fingerprint density at radius 3 is 0.794 bits per heavy atom. The molecule has 0 N–H and O–H groups in total. The molecule has 5 nitrogen and oxygen atoms in total. The summed E-state index contributed by atoms with van der Waals surface area (Å²) >= 11 is 0. The number of carboxylic acid groups (broad SMARTS) is 2. The van der Waals surface area contributed by atoms with Gasteiger partial charge in [-0.05, 0) is 71.4 Å². The van der Waals surface area contributed by atoms with Crippen LogP contribution < -0.4 is 10.2 Å². The van der Waals surface area contributed by atoms with Crippen LogP contribution in [0.25, 0.3) is 0 Å². The lowest BCUT2D eigenvalue weighted by Gasteiger charge is -2.44. The highest BCUT2D eigenvalue weighted by Gasteiger charge is 2.31. The van der Waals surface area contributed by atoms with Crippen LogP contribution >= 0.6 is 0 Å². The van der Waals surface area contributed by atoms with Crippen molar-refractivity contribution in [3.8, 4) is 0 Å². The van der Waals surface area contributed by atoms with Crippen molar-refractivity contribution in [3.05, 3.63) is 0 Å². The van der Waals surface area contributed by atoms with Crippen molar-refractivity contribution < 1.29 is 24.0 Å². The van der Waals surface area contributed by atoms with Crippen LogP contribution in [0.4, 0.5) is 4.79 Å². The second-order valence-electron chi connectivity index (χ2n) is 10.3. The fraction of sp³-hybridized carbons (Fsp3) is 0.966. The largest absolute Gasteiger partial charge is 0.652 e. The summed E-state index contributed by atoms with van der Waals surface area (Å²) in [6.45, 7) is 31.8. The maximum Gasteiger partial charge on any atom is 0.0861 e. The molecular formula is C29H64N2O3. The van der Waals surface area contributed by atoms with E-state index in [2.05, 4.69) is 69.2 Å². The van der Waals surface area contributed by atoms with E-state index in [0.717, 1.165) is 12.1 Å². The van der Waals surface area contributed by atoms with Crippen molar-refractivity contribution >= 4 is 6.16 Å². The third-order valence-electron chi connectivity index (χ3n) is 7.30. The maximum atomic E-state index is 8.33. The van der Waals surface area contributed by atoms with Gasteiger partial charge in [0.25, 0.3) is 0 Å². The molecule has 0 aromatic carbocycles. The van der Waals surface area contributed by atoms with E-state index in [1.807, 2.05) is 0 Å². The first-order valence-electron chi connectivity index (χ1n) is 14.7. The highest BCUT2D eigenvalue weighted by Crippen LogP contribution is 2.22. The zero-order chi connectivity index (χ0) is 27.0. The van der Waals surface area contributed by atoms with E-state index in [0.29, 0.717) is 0 Å². The van der Waals surface area contributed by atoms with Gasteiger partial charge in [0.15, 0.2) is 0 Å². The number of nitrogens with zero attached hydrogens (tertiary/aromatic N) is 2. The first-order valence-corrected chi connectivity index (χ1v) is 14.7. The van der Waals surface area contributed by atoms with Crippen molar-refractivity contribution in [1.82, 2.24) is 0 Å². The predicted molar refractivity (Wildman–Crippen MR) is 146 cm³/mol. The van der Waals surface area contributed by atoms with Gasteiger partial charge in [0, 0.05) is 0 Å². The van der Waals surface area contributed by atoms with E-state index < -0.39 is 6.16 Å². The number of quaternary nitrogens is 2. The molecule has 0 aliphatic heterocycles. The SMILES string of the molecule is CCCC(C)[N+](CCC)(CCC)CCC.CCCC(C)[N+](CCC)(CCC)CCC.O=C([O-])[O-]. The molecule has 0 saturated heterocycles. The van der Waals surface area contributed by atoms with Crippen LogP contribution in [0.5, 0.6) is 0 Å². The van der Waals surface area contributed by atoms with Gasteiger partial charge in [-0.1, -0.05) is 68.2 Å². The Bertz CT molecular complexity index is 371. The maximum absolute atomic E-state index is 8.33. The normalized spacial score (nSPS) is 13.2. The minimum Gasteiger partial charge on any atom is -0.652 e.